The molecule has 4 aromatic rings. The molecule has 0 saturated carbocycles. The molecule has 37 heavy (non-hydrogen) atoms. The largest absolute Gasteiger partial charge is 0.372 e. The zero-order chi connectivity index (χ0) is 25.7. The molecule has 0 unspecified atom stereocenters. The number of rotatable bonds is 16. The van der Waals surface area contributed by atoms with Crippen molar-refractivity contribution in [2.75, 3.05) is 13.1 Å². The van der Waals surface area contributed by atoms with Crippen molar-refractivity contribution in [3.8, 4) is 0 Å². The number of aromatic amines is 2. The van der Waals surface area contributed by atoms with E-state index in [1.807, 2.05) is 12.4 Å². The van der Waals surface area contributed by atoms with Gasteiger partial charge in [-0.15, -0.1) is 0 Å². The standard InChI is InChI=1S/C30H40N6O/c1-3-17-35(18-4-2)19-25-5-9-27(10-6-25)23-37-24-28-11-7-26(8-12-28)20-36(21-29-31-13-14-32-29)22-30-33-15-16-34-30/h5-16H,3-4,17-24H2,1-2H3,(H,31,32)(H,33,34). The van der Waals surface area contributed by atoms with Gasteiger partial charge < -0.3 is 14.7 Å². The number of hydrogen-bond donors (Lipinski definition) is 2. The van der Waals surface area contributed by atoms with Crippen molar-refractivity contribution in [2.45, 2.75) is 66.1 Å². The summed E-state index contributed by atoms with van der Waals surface area (Å²) in [5.74, 6) is 1.90. The summed E-state index contributed by atoms with van der Waals surface area (Å²) in [6.45, 7) is 11.3. The molecule has 0 bridgehead atoms. The Hall–Kier alpha value is -3.26. The van der Waals surface area contributed by atoms with Crippen LogP contribution in [-0.2, 0) is 44.1 Å². The highest BCUT2D eigenvalue weighted by molar-refractivity contribution is 5.23. The van der Waals surface area contributed by atoms with Gasteiger partial charge in [-0.1, -0.05) is 62.4 Å². The average molecular weight is 501 g/mol. The molecule has 0 radical (unpaired) electrons. The Labute approximate surface area is 220 Å². The second kappa shape index (κ2) is 14.5. The second-order valence-electron chi connectivity index (χ2n) is 9.62. The molecule has 2 N–H and O–H groups in total. The molecule has 0 aliphatic carbocycles. The van der Waals surface area contributed by atoms with Crippen LogP contribution in [0.15, 0.2) is 73.3 Å². The summed E-state index contributed by atoms with van der Waals surface area (Å²) >= 11 is 0. The predicted octanol–water partition coefficient (Wildman–Crippen LogP) is 5.67. The molecule has 7 heteroatoms. The molecule has 0 amide bonds. The monoisotopic (exact) mass is 500 g/mol. The third-order valence-corrected chi connectivity index (χ3v) is 6.33. The Balaban J connectivity index is 1.24. The Morgan fingerprint density at radius 2 is 1.03 bits per heavy atom. The molecule has 0 fully saturated rings. The van der Waals surface area contributed by atoms with E-state index >= 15 is 0 Å². The highest BCUT2D eigenvalue weighted by atomic mass is 16.5. The van der Waals surface area contributed by atoms with Crippen molar-refractivity contribution in [1.29, 1.82) is 0 Å². The maximum absolute atomic E-state index is 6.02. The summed E-state index contributed by atoms with van der Waals surface area (Å²) in [6.07, 6.45) is 9.69. The smallest absolute Gasteiger partial charge is 0.120 e. The third-order valence-electron chi connectivity index (χ3n) is 6.33. The van der Waals surface area contributed by atoms with E-state index in [2.05, 4.69) is 92.1 Å². The van der Waals surface area contributed by atoms with Gasteiger partial charge in [-0.3, -0.25) is 9.80 Å². The quantitative estimate of drug-likeness (QED) is 0.207. The number of aromatic nitrogens is 4. The van der Waals surface area contributed by atoms with E-state index in [0.717, 1.165) is 50.9 Å². The minimum atomic E-state index is 0.602. The lowest BCUT2D eigenvalue weighted by atomic mass is 10.1. The van der Waals surface area contributed by atoms with Crippen LogP contribution >= 0.6 is 0 Å². The predicted molar refractivity (Wildman–Crippen MR) is 147 cm³/mol. The van der Waals surface area contributed by atoms with Gasteiger partial charge in [-0.05, 0) is 48.2 Å². The van der Waals surface area contributed by atoms with Gasteiger partial charge in [0.05, 0.1) is 26.3 Å². The fraction of sp³-hybridized carbons (Fsp3) is 0.400. The lowest BCUT2D eigenvalue weighted by Gasteiger charge is -2.21. The van der Waals surface area contributed by atoms with Crippen LogP contribution in [0, 0.1) is 0 Å². The van der Waals surface area contributed by atoms with Gasteiger partial charge in [0.15, 0.2) is 0 Å². The van der Waals surface area contributed by atoms with Crippen LogP contribution in [0.2, 0.25) is 0 Å². The van der Waals surface area contributed by atoms with Gasteiger partial charge in [-0.25, -0.2) is 9.97 Å². The summed E-state index contributed by atoms with van der Waals surface area (Å²) in [5, 5.41) is 0. The molecule has 4 rings (SSSR count). The van der Waals surface area contributed by atoms with E-state index in [1.165, 1.54) is 35.1 Å². The van der Waals surface area contributed by atoms with Gasteiger partial charge in [0.2, 0.25) is 0 Å². The van der Waals surface area contributed by atoms with Gasteiger partial charge >= 0.3 is 0 Å². The molecule has 2 aromatic heterocycles. The fourth-order valence-corrected chi connectivity index (χ4v) is 4.55. The van der Waals surface area contributed by atoms with Crippen molar-refractivity contribution in [3.63, 3.8) is 0 Å². The van der Waals surface area contributed by atoms with Crippen LogP contribution in [0.5, 0.6) is 0 Å². The Morgan fingerprint density at radius 1 is 0.595 bits per heavy atom. The summed E-state index contributed by atoms with van der Waals surface area (Å²) in [6, 6.07) is 17.6. The molecule has 0 saturated heterocycles. The van der Waals surface area contributed by atoms with Gasteiger partial charge in [0.25, 0.3) is 0 Å². The molecular weight excluding hydrogens is 460 g/mol. The van der Waals surface area contributed by atoms with Crippen LogP contribution < -0.4 is 0 Å². The van der Waals surface area contributed by atoms with E-state index in [0.29, 0.717) is 13.2 Å². The van der Waals surface area contributed by atoms with Crippen LogP contribution in [-0.4, -0.2) is 42.8 Å². The first-order valence-electron chi connectivity index (χ1n) is 13.4. The van der Waals surface area contributed by atoms with Crippen molar-refractivity contribution < 1.29 is 4.74 Å². The zero-order valence-corrected chi connectivity index (χ0v) is 22.2. The summed E-state index contributed by atoms with van der Waals surface area (Å²) in [5.41, 5.74) is 5.01. The number of imidazole rings is 2. The summed E-state index contributed by atoms with van der Waals surface area (Å²) in [4.78, 5) is 20.0. The van der Waals surface area contributed by atoms with Crippen molar-refractivity contribution in [3.05, 3.63) is 107 Å². The van der Waals surface area contributed by atoms with Crippen LogP contribution in [0.4, 0.5) is 0 Å². The molecular formula is C30H40N6O. The Kier molecular flexibility index (Phi) is 10.5. The van der Waals surface area contributed by atoms with Crippen molar-refractivity contribution in [2.24, 2.45) is 0 Å². The Bertz CT molecular complexity index is 1080. The first kappa shape index (κ1) is 26.8. The van der Waals surface area contributed by atoms with E-state index in [9.17, 15) is 0 Å². The molecule has 2 heterocycles. The third kappa shape index (κ3) is 8.97. The van der Waals surface area contributed by atoms with E-state index in [4.69, 9.17) is 4.74 Å². The minimum Gasteiger partial charge on any atom is -0.372 e. The van der Waals surface area contributed by atoms with E-state index < -0.39 is 0 Å². The van der Waals surface area contributed by atoms with Crippen LogP contribution in [0.3, 0.4) is 0 Å². The number of H-pyrrole nitrogens is 2. The Morgan fingerprint density at radius 3 is 1.43 bits per heavy atom. The average Bonchev–Trinajstić information content (AvgIpc) is 3.61. The molecule has 7 nitrogen and oxygen atoms in total. The maximum atomic E-state index is 6.02. The number of ether oxygens (including phenoxy) is 1. The van der Waals surface area contributed by atoms with Crippen molar-refractivity contribution in [1.82, 2.24) is 29.7 Å². The normalized spacial score (nSPS) is 11.6. The molecule has 0 aliphatic heterocycles. The number of benzene rings is 2. The highest BCUT2D eigenvalue weighted by Crippen LogP contribution is 2.14. The minimum absolute atomic E-state index is 0.602. The van der Waals surface area contributed by atoms with E-state index in [-0.39, 0.29) is 0 Å². The zero-order valence-electron chi connectivity index (χ0n) is 22.2. The fourth-order valence-electron chi connectivity index (χ4n) is 4.55. The van der Waals surface area contributed by atoms with Crippen LogP contribution in [0.25, 0.3) is 0 Å². The molecule has 0 spiro atoms. The second-order valence-corrected chi connectivity index (χ2v) is 9.62. The molecule has 0 atom stereocenters. The van der Waals surface area contributed by atoms with E-state index in [1.54, 1.807) is 12.4 Å². The lowest BCUT2D eigenvalue weighted by molar-refractivity contribution is 0.107. The van der Waals surface area contributed by atoms with Gasteiger partial charge in [-0.2, -0.15) is 0 Å². The number of hydrogen-bond acceptors (Lipinski definition) is 5. The van der Waals surface area contributed by atoms with Crippen LogP contribution in [0.1, 0.15) is 60.6 Å². The number of nitrogens with zero attached hydrogens (tertiary/aromatic N) is 4. The molecule has 0 aliphatic rings. The van der Waals surface area contributed by atoms with Gasteiger partial charge in [0.1, 0.15) is 11.6 Å². The summed E-state index contributed by atoms with van der Waals surface area (Å²) < 4.78 is 6.02. The maximum Gasteiger partial charge on any atom is 0.120 e. The molecule has 196 valence electrons. The highest BCUT2D eigenvalue weighted by Gasteiger charge is 2.11. The number of nitrogens with one attached hydrogen (secondary N) is 2. The first-order chi connectivity index (χ1) is 18.2. The SMILES string of the molecule is CCCN(CCC)Cc1ccc(COCc2ccc(CN(Cc3ncc[nH]3)Cc3ncc[nH]3)cc2)cc1. The lowest BCUT2D eigenvalue weighted by Crippen LogP contribution is -2.24. The van der Waals surface area contributed by atoms with Gasteiger partial charge in [0, 0.05) is 37.9 Å². The first-order valence-corrected chi connectivity index (χ1v) is 13.4. The van der Waals surface area contributed by atoms with Crippen molar-refractivity contribution >= 4 is 0 Å². The summed E-state index contributed by atoms with van der Waals surface area (Å²) in [7, 11) is 0. The molecule has 2 aromatic carbocycles. The topological polar surface area (TPSA) is 73.1 Å².